The maximum atomic E-state index is 14.9. The van der Waals surface area contributed by atoms with Gasteiger partial charge in [-0.25, -0.2) is 18.7 Å². The van der Waals surface area contributed by atoms with Gasteiger partial charge < -0.3 is 10.6 Å². The molecule has 1 fully saturated rings. The molecule has 36 heavy (non-hydrogen) atoms. The molecule has 0 saturated heterocycles. The van der Waals surface area contributed by atoms with Crippen LogP contribution in [0.2, 0.25) is 0 Å². The molecule has 8 nitrogen and oxygen atoms in total. The quantitative estimate of drug-likeness (QED) is 0.422. The lowest BCUT2D eigenvalue weighted by Crippen LogP contribution is -2.24. The molecule has 2 N–H and O–H groups in total. The molecule has 4 aromatic rings. The lowest BCUT2D eigenvalue weighted by Gasteiger charge is -2.21. The van der Waals surface area contributed by atoms with E-state index in [2.05, 4.69) is 25.6 Å². The average molecular weight is 492 g/mol. The summed E-state index contributed by atoms with van der Waals surface area (Å²) in [5.74, 6) is -0.198. The largest absolute Gasteiger partial charge is 0.322 e. The summed E-state index contributed by atoms with van der Waals surface area (Å²) in [6.45, 7) is 4.49. The van der Waals surface area contributed by atoms with Crippen LogP contribution in [0.4, 0.5) is 20.4 Å². The smallest absolute Gasteiger partial charge is 0.278 e. The van der Waals surface area contributed by atoms with E-state index in [1.54, 1.807) is 47.6 Å². The van der Waals surface area contributed by atoms with E-state index >= 15 is 0 Å². The van der Waals surface area contributed by atoms with E-state index in [1.807, 2.05) is 0 Å². The Hall–Kier alpha value is -3.66. The van der Waals surface area contributed by atoms with Gasteiger partial charge in [-0.2, -0.15) is 4.98 Å². The average Bonchev–Trinajstić information content (AvgIpc) is 3.68. The van der Waals surface area contributed by atoms with Gasteiger partial charge in [0.05, 0.1) is 23.1 Å². The van der Waals surface area contributed by atoms with Crippen LogP contribution >= 0.6 is 0 Å². The zero-order valence-corrected chi connectivity index (χ0v) is 20.2. The van der Waals surface area contributed by atoms with E-state index < -0.39 is 12.1 Å². The first-order valence-corrected chi connectivity index (χ1v) is 12.2. The Balaban J connectivity index is 1.47. The summed E-state index contributed by atoms with van der Waals surface area (Å²) >= 11 is 0. The molecule has 0 amide bonds. The van der Waals surface area contributed by atoms with Gasteiger partial charge in [0.25, 0.3) is 5.56 Å². The molecule has 186 valence electrons. The molecule has 1 aromatic carbocycles. The van der Waals surface area contributed by atoms with Crippen molar-refractivity contribution in [2.75, 3.05) is 18.5 Å². The van der Waals surface area contributed by atoms with Gasteiger partial charge in [-0.05, 0) is 61.2 Å². The van der Waals surface area contributed by atoms with Gasteiger partial charge in [0, 0.05) is 24.4 Å². The highest BCUT2D eigenvalue weighted by atomic mass is 19.1. The number of hydrogen-bond acceptors (Lipinski definition) is 6. The van der Waals surface area contributed by atoms with Crippen molar-refractivity contribution in [1.29, 1.82) is 0 Å². The summed E-state index contributed by atoms with van der Waals surface area (Å²) in [5.41, 5.74) is 3.01. The number of nitrogens with zero attached hydrogens (tertiary/aromatic N) is 5. The fourth-order valence-electron chi connectivity index (χ4n) is 4.67. The fourth-order valence-corrected chi connectivity index (χ4v) is 4.67. The van der Waals surface area contributed by atoms with Gasteiger partial charge in [0.1, 0.15) is 17.9 Å². The van der Waals surface area contributed by atoms with Crippen molar-refractivity contribution < 1.29 is 8.78 Å². The first-order chi connectivity index (χ1) is 17.4. The van der Waals surface area contributed by atoms with Crippen molar-refractivity contribution in [2.24, 2.45) is 0 Å². The Morgan fingerprint density at radius 3 is 2.81 bits per heavy atom. The number of anilines is 2. The summed E-state index contributed by atoms with van der Waals surface area (Å²) in [7, 11) is 0. The molecule has 3 aromatic heterocycles. The number of hydrogen-bond donors (Lipinski definition) is 2. The predicted octanol–water partition coefficient (Wildman–Crippen LogP) is 4.09. The van der Waals surface area contributed by atoms with Gasteiger partial charge in [0.2, 0.25) is 5.95 Å². The number of rotatable bonds is 6. The van der Waals surface area contributed by atoms with E-state index in [0.29, 0.717) is 34.6 Å². The zero-order chi connectivity index (χ0) is 25.0. The normalized spacial score (nSPS) is 15.8. The molecular formula is C26H27F2N7O. The van der Waals surface area contributed by atoms with Gasteiger partial charge in [0.15, 0.2) is 5.65 Å². The number of fused-ring (bicyclic) bond motifs is 2. The lowest BCUT2D eigenvalue weighted by molar-refractivity contribution is 0.344. The van der Waals surface area contributed by atoms with Crippen molar-refractivity contribution in [3.63, 3.8) is 0 Å². The number of alkyl halides is 1. The minimum Gasteiger partial charge on any atom is -0.322 e. The van der Waals surface area contributed by atoms with Gasteiger partial charge in [-0.3, -0.25) is 14.2 Å². The van der Waals surface area contributed by atoms with Crippen LogP contribution in [0.5, 0.6) is 0 Å². The first-order valence-electron chi connectivity index (χ1n) is 12.2. The third kappa shape index (κ3) is 3.85. The van der Waals surface area contributed by atoms with Crippen LogP contribution in [-0.4, -0.2) is 37.5 Å². The highest BCUT2D eigenvalue weighted by molar-refractivity contribution is 5.77. The minimum absolute atomic E-state index is 0.0561. The maximum Gasteiger partial charge on any atom is 0.278 e. The second kappa shape index (κ2) is 8.48. The molecule has 2 aliphatic rings. The summed E-state index contributed by atoms with van der Waals surface area (Å²) in [4.78, 5) is 26.7. The Labute approximate surface area is 206 Å². The molecule has 1 saturated carbocycles. The van der Waals surface area contributed by atoms with Gasteiger partial charge in [-0.15, -0.1) is 0 Å². The van der Waals surface area contributed by atoms with Crippen LogP contribution in [0.15, 0.2) is 41.5 Å². The molecule has 10 heteroatoms. The summed E-state index contributed by atoms with van der Waals surface area (Å²) < 4.78 is 32.0. The summed E-state index contributed by atoms with van der Waals surface area (Å²) in [5, 5.41) is 6.62. The van der Waals surface area contributed by atoms with Crippen LogP contribution in [-0.2, 0) is 18.4 Å². The molecule has 1 aliphatic heterocycles. The van der Waals surface area contributed by atoms with E-state index in [4.69, 9.17) is 0 Å². The van der Waals surface area contributed by atoms with E-state index in [1.165, 1.54) is 12.3 Å². The Morgan fingerprint density at radius 2 is 2.03 bits per heavy atom. The second-order valence-electron chi connectivity index (χ2n) is 10.2. The van der Waals surface area contributed by atoms with E-state index in [-0.39, 0.29) is 23.4 Å². The van der Waals surface area contributed by atoms with Gasteiger partial charge >= 0.3 is 0 Å². The number of benzene rings is 1. The molecule has 1 aliphatic carbocycles. The van der Waals surface area contributed by atoms with Crippen LogP contribution in [0.25, 0.3) is 16.7 Å². The minimum atomic E-state index is -0.773. The van der Waals surface area contributed by atoms with Crippen LogP contribution < -0.4 is 16.2 Å². The number of halogens is 2. The van der Waals surface area contributed by atoms with Crippen LogP contribution in [0, 0.1) is 5.82 Å². The second-order valence-corrected chi connectivity index (χ2v) is 10.2. The van der Waals surface area contributed by atoms with Crippen LogP contribution in [0.3, 0.4) is 0 Å². The zero-order valence-electron chi connectivity index (χ0n) is 20.2. The topological polar surface area (TPSA) is 89.7 Å². The van der Waals surface area contributed by atoms with Gasteiger partial charge in [-0.1, -0.05) is 13.8 Å². The fraction of sp³-hybridized carbons (Fsp3) is 0.385. The number of pyridine rings is 1. The number of nitrogens with one attached hydrogen (secondary N) is 2. The van der Waals surface area contributed by atoms with Crippen molar-refractivity contribution in [3.05, 3.63) is 69.7 Å². The molecule has 6 rings (SSSR count). The Kier molecular flexibility index (Phi) is 5.36. The third-order valence-corrected chi connectivity index (χ3v) is 6.95. The molecule has 0 unspecified atom stereocenters. The molecule has 4 heterocycles. The highest BCUT2D eigenvalue weighted by Crippen LogP contribution is 2.36. The van der Waals surface area contributed by atoms with E-state index in [9.17, 15) is 13.6 Å². The van der Waals surface area contributed by atoms with E-state index in [0.717, 1.165) is 36.9 Å². The molecule has 0 radical (unpaired) electrons. The SMILES string of the molecule is CC(C)(CF)c1cc(-n2c3nc(Nc4cc5c(cc4F)CNCC5)ncc3c(=O)n2C2CC2)ccn1. The molecule has 0 spiro atoms. The lowest BCUT2D eigenvalue weighted by atomic mass is 9.90. The summed E-state index contributed by atoms with van der Waals surface area (Å²) in [6, 6.07) is 6.97. The highest BCUT2D eigenvalue weighted by Gasteiger charge is 2.31. The van der Waals surface area contributed by atoms with Crippen molar-refractivity contribution in [2.45, 2.75) is 51.1 Å². The number of aromatic nitrogens is 5. The molecule has 0 atom stereocenters. The first kappa shape index (κ1) is 22.8. The van der Waals surface area contributed by atoms with Crippen LogP contribution in [0.1, 0.15) is 49.6 Å². The van der Waals surface area contributed by atoms with Crippen molar-refractivity contribution >= 4 is 22.7 Å². The molecular weight excluding hydrogens is 464 g/mol. The Bertz CT molecular complexity index is 1540. The standard InChI is InChI=1S/C26H27F2N7O/c1-26(2,14-27)22-11-18(6-8-30-22)34-23-19(24(36)35(34)17-3-4-17)13-31-25(33-23)32-21-10-15-5-7-29-12-16(15)9-20(21)28/h6,8-11,13,17,29H,3-5,7,12,14H2,1-2H3,(H,31,32,33). The third-order valence-electron chi connectivity index (χ3n) is 6.95. The summed E-state index contributed by atoms with van der Waals surface area (Å²) in [6.07, 6.45) is 5.69. The maximum absolute atomic E-state index is 14.9. The Morgan fingerprint density at radius 1 is 1.19 bits per heavy atom. The molecule has 0 bridgehead atoms. The van der Waals surface area contributed by atoms with Crippen molar-refractivity contribution in [3.8, 4) is 5.69 Å². The predicted molar refractivity (Wildman–Crippen MR) is 133 cm³/mol. The van der Waals surface area contributed by atoms with Crippen molar-refractivity contribution in [1.82, 2.24) is 29.6 Å². The monoisotopic (exact) mass is 491 g/mol.